The first kappa shape index (κ1) is 13.6. The van der Waals surface area contributed by atoms with Crippen LogP contribution >= 0.6 is 0 Å². The van der Waals surface area contributed by atoms with Gasteiger partial charge in [-0.05, 0) is 36.4 Å². The van der Waals surface area contributed by atoms with E-state index < -0.39 is 0 Å². The average molecular weight is 245 g/mol. The molecule has 0 saturated carbocycles. The van der Waals surface area contributed by atoms with Crippen LogP contribution in [0.25, 0.3) is 0 Å². The van der Waals surface area contributed by atoms with Gasteiger partial charge in [0.05, 0.1) is 0 Å². The lowest BCUT2D eigenvalue weighted by Crippen LogP contribution is -2.45. The number of benzene rings is 1. The smallest absolute Gasteiger partial charge is 0.0167 e. The molecule has 0 radical (unpaired) electrons. The van der Waals surface area contributed by atoms with Crippen LogP contribution in [0.4, 0.5) is 0 Å². The van der Waals surface area contributed by atoms with Crippen molar-refractivity contribution in [2.45, 2.75) is 58.4 Å². The molecule has 1 aromatic rings. The van der Waals surface area contributed by atoms with E-state index in [1.54, 1.807) is 11.1 Å². The van der Waals surface area contributed by atoms with Gasteiger partial charge in [-0.15, -0.1) is 0 Å². The van der Waals surface area contributed by atoms with E-state index in [0.717, 1.165) is 18.4 Å². The first-order valence-corrected chi connectivity index (χ1v) is 7.62. The Hall–Kier alpha value is -0.820. The second-order valence-corrected chi connectivity index (χ2v) is 5.57. The molecule has 2 rings (SSSR count). The van der Waals surface area contributed by atoms with E-state index in [1.165, 1.54) is 25.7 Å². The van der Waals surface area contributed by atoms with Crippen molar-refractivity contribution in [3.05, 3.63) is 35.4 Å². The molecule has 1 nitrogen and oxygen atoms in total. The lowest BCUT2D eigenvalue weighted by molar-refractivity contribution is 0.274. The predicted molar refractivity (Wildman–Crippen MR) is 79.0 cm³/mol. The van der Waals surface area contributed by atoms with Gasteiger partial charge in [0.15, 0.2) is 0 Å². The Balaban J connectivity index is 2.11. The highest BCUT2D eigenvalue weighted by Crippen LogP contribution is 2.40. The third kappa shape index (κ3) is 2.61. The van der Waals surface area contributed by atoms with Gasteiger partial charge in [0.25, 0.3) is 0 Å². The zero-order chi connectivity index (χ0) is 13.0. The Morgan fingerprint density at radius 1 is 1.17 bits per heavy atom. The molecule has 0 spiro atoms. The van der Waals surface area contributed by atoms with Crippen molar-refractivity contribution >= 4 is 0 Å². The summed E-state index contributed by atoms with van der Waals surface area (Å²) in [5, 5.41) is 3.81. The van der Waals surface area contributed by atoms with Crippen LogP contribution < -0.4 is 5.32 Å². The zero-order valence-corrected chi connectivity index (χ0v) is 12.1. The van der Waals surface area contributed by atoms with E-state index >= 15 is 0 Å². The van der Waals surface area contributed by atoms with Crippen LogP contribution in [0, 0.1) is 5.92 Å². The van der Waals surface area contributed by atoms with Crippen molar-refractivity contribution in [1.29, 1.82) is 0 Å². The predicted octanol–water partition coefficient (Wildman–Crippen LogP) is 4.13. The quantitative estimate of drug-likeness (QED) is 0.761. The molecule has 1 aliphatic rings. The number of hydrogen-bond donors (Lipinski definition) is 1. The van der Waals surface area contributed by atoms with Crippen LogP contribution in [0.2, 0.25) is 0 Å². The lowest BCUT2D eigenvalue weighted by Gasteiger charge is -2.41. The molecule has 1 heteroatoms. The minimum atomic E-state index is 0.676. The number of nitrogens with one attached hydrogen (secondary N) is 1. The molecule has 1 N–H and O–H groups in total. The van der Waals surface area contributed by atoms with Gasteiger partial charge in [0, 0.05) is 12.0 Å². The third-order valence-corrected chi connectivity index (χ3v) is 4.51. The highest BCUT2D eigenvalue weighted by Gasteiger charge is 2.35. The Morgan fingerprint density at radius 2 is 1.89 bits per heavy atom. The molecule has 2 atom stereocenters. The third-order valence-electron chi connectivity index (χ3n) is 4.51. The van der Waals surface area contributed by atoms with E-state index in [9.17, 15) is 0 Å². The first-order chi connectivity index (χ1) is 8.81. The second-order valence-electron chi connectivity index (χ2n) is 5.57. The fourth-order valence-corrected chi connectivity index (χ4v) is 3.36. The largest absolute Gasteiger partial charge is 0.313 e. The van der Waals surface area contributed by atoms with E-state index in [0.29, 0.717) is 6.04 Å². The van der Waals surface area contributed by atoms with Crippen LogP contribution in [0.3, 0.4) is 0 Å². The van der Waals surface area contributed by atoms with Crippen LogP contribution in [-0.4, -0.2) is 12.6 Å². The number of rotatable bonds is 7. The van der Waals surface area contributed by atoms with Crippen LogP contribution in [0.1, 0.15) is 57.1 Å². The Labute approximate surface area is 112 Å². The van der Waals surface area contributed by atoms with Crippen LogP contribution in [0.15, 0.2) is 24.3 Å². The van der Waals surface area contributed by atoms with E-state index in [1.807, 2.05) is 0 Å². The molecule has 0 fully saturated rings. The van der Waals surface area contributed by atoms with Gasteiger partial charge in [-0.1, -0.05) is 57.9 Å². The fraction of sp³-hybridized carbons (Fsp3) is 0.647. The van der Waals surface area contributed by atoms with Crippen LogP contribution in [-0.2, 0) is 6.42 Å². The van der Waals surface area contributed by atoms with Crippen molar-refractivity contribution in [1.82, 2.24) is 5.32 Å². The topological polar surface area (TPSA) is 12.0 Å². The van der Waals surface area contributed by atoms with Gasteiger partial charge in [0.2, 0.25) is 0 Å². The maximum atomic E-state index is 3.81. The molecule has 2 unspecified atom stereocenters. The highest BCUT2D eigenvalue weighted by molar-refractivity contribution is 5.41. The normalized spacial score (nSPS) is 19.4. The van der Waals surface area contributed by atoms with Gasteiger partial charge in [0.1, 0.15) is 0 Å². The Bertz CT molecular complexity index is 368. The maximum Gasteiger partial charge on any atom is 0.0167 e. The summed E-state index contributed by atoms with van der Waals surface area (Å²) in [5.41, 5.74) is 3.16. The maximum absolute atomic E-state index is 3.81. The molecule has 0 heterocycles. The molecule has 1 aliphatic carbocycles. The Morgan fingerprint density at radius 3 is 2.50 bits per heavy atom. The standard InChI is InChI=1S/C17H27N/c1-4-11-18-17(13(5-2)6-3)16-12-14-9-7-8-10-15(14)16/h7-10,13,16-18H,4-6,11-12H2,1-3H3. The molecule has 0 amide bonds. The molecule has 1 aromatic carbocycles. The molecule has 0 saturated heterocycles. The summed E-state index contributed by atoms with van der Waals surface area (Å²) in [6.45, 7) is 8.07. The second kappa shape index (κ2) is 6.38. The van der Waals surface area contributed by atoms with Crippen LogP contribution in [0.5, 0.6) is 0 Å². The summed E-state index contributed by atoms with van der Waals surface area (Å²) in [4.78, 5) is 0. The number of fused-ring (bicyclic) bond motifs is 1. The van der Waals surface area contributed by atoms with Gasteiger partial charge in [-0.2, -0.15) is 0 Å². The summed E-state index contributed by atoms with van der Waals surface area (Å²) < 4.78 is 0. The zero-order valence-electron chi connectivity index (χ0n) is 12.1. The molecular weight excluding hydrogens is 218 g/mol. The summed E-state index contributed by atoms with van der Waals surface area (Å²) in [5.74, 6) is 1.56. The SMILES string of the molecule is CCCNC(C(CC)CC)C1Cc2ccccc21. The molecule has 100 valence electrons. The van der Waals surface area contributed by atoms with E-state index in [4.69, 9.17) is 0 Å². The Kier molecular flexibility index (Phi) is 4.82. The van der Waals surface area contributed by atoms with Crippen molar-refractivity contribution in [2.75, 3.05) is 6.54 Å². The average Bonchev–Trinajstić information content (AvgIpc) is 2.38. The monoisotopic (exact) mass is 245 g/mol. The molecule has 0 bridgehead atoms. The van der Waals surface area contributed by atoms with E-state index in [-0.39, 0.29) is 0 Å². The van der Waals surface area contributed by atoms with Gasteiger partial charge >= 0.3 is 0 Å². The van der Waals surface area contributed by atoms with Crippen molar-refractivity contribution in [3.63, 3.8) is 0 Å². The summed E-state index contributed by atoms with van der Waals surface area (Å²) in [6.07, 6.45) is 5.08. The fourth-order valence-electron chi connectivity index (χ4n) is 3.36. The first-order valence-electron chi connectivity index (χ1n) is 7.62. The highest BCUT2D eigenvalue weighted by atomic mass is 14.9. The lowest BCUT2D eigenvalue weighted by atomic mass is 9.69. The molecule has 18 heavy (non-hydrogen) atoms. The molecule has 0 aliphatic heterocycles. The van der Waals surface area contributed by atoms with Gasteiger partial charge < -0.3 is 5.32 Å². The summed E-state index contributed by atoms with van der Waals surface area (Å²) in [7, 11) is 0. The minimum Gasteiger partial charge on any atom is -0.313 e. The van der Waals surface area contributed by atoms with Crippen molar-refractivity contribution in [2.24, 2.45) is 5.92 Å². The van der Waals surface area contributed by atoms with Gasteiger partial charge in [-0.3, -0.25) is 0 Å². The summed E-state index contributed by atoms with van der Waals surface area (Å²) in [6, 6.07) is 9.65. The van der Waals surface area contributed by atoms with E-state index in [2.05, 4.69) is 50.4 Å². The minimum absolute atomic E-state index is 0.676. The van der Waals surface area contributed by atoms with Crippen molar-refractivity contribution in [3.8, 4) is 0 Å². The molecule has 0 aromatic heterocycles. The van der Waals surface area contributed by atoms with Crippen molar-refractivity contribution < 1.29 is 0 Å². The summed E-state index contributed by atoms with van der Waals surface area (Å²) >= 11 is 0. The number of hydrogen-bond acceptors (Lipinski definition) is 1. The molecular formula is C17H27N. The van der Waals surface area contributed by atoms with Gasteiger partial charge in [-0.25, -0.2) is 0 Å².